The number of aliphatic carboxylic acids is 1. The fourth-order valence-electron chi connectivity index (χ4n) is 5.62. The zero-order valence-electron chi connectivity index (χ0n) is 33.4. The van der Waals surface area contributed by atoms with E-state index < -0.39 is 54.3 Å². The lowest BCUT2D eigenvalue weighted by molar-refractivity contribution is -0.147. The smallest absolute Gasteiger partial charge is 0.414 e. The largest absolute Gasteiger partial charge is 0.480 e. The number of benzene rings is 4. The number of carboxylic acids is 1. The molecule has 0 aromatic heterocycles. The van der Waals surface area contributed by atoms with Gasteiger partial charge in [0.25, 0.3) is 0 Å². The number of hydrogen-bond acceptors (Lipinski definition) is 11. The van der Waals surface area contributed by atoms with Crippen LogP contribution in [0.15, 0.2) is 126 Å². The number of amides is 4. The van der Waals surface area contributed by atoms with Gasteiger partial charge in [-0.15, -0.1) is 0 Å². The maximum Gasteiger partial charge on any atom is 0.414 e. The number of aliphatic imine (C=N–C) groups is 1. The Labute approximate surface area is 353 Å². The van der Waals surface area contributed by atoms with Gasteiger partial charge in [-0.2, -0.15) is 0 Å². The van der Waals surface area contributed by atoms with E-state index in [1.165, 1.54) is 0 Å². The number of guanidine groups is 1. The predicted molar refractivity (Wildman–Crippen MR) is 222 cm³/mol. The Bertz CT molecular complexity index is 2020. The molecule has 4 rings (SSSR count). The van der Waals surface area contributed by atoms with Crippen LogP contribution in [0, 0.1) is 0 Å². The van der Waals surface area contributed by atoms with E-state index >= 15 is 0 Å². The molecular formula is C44H50N6O11. The third-order valence-corrected chi connectivity index (χ3v) is 8.81. The zero-order chi connectivity index (χ0) is 43.7. The highest BCUT2D eigenvalue weighted by Gasteiger charge is 2.29. The van der Waals surface area contributed by atoms with Crippen molar-refractivity contribution in [1.29, 1.82) is 0 Å². The van der Waals surface area contributed by atoms with Gasteiger partial charge in [0, 0.05) is 6.54 Å². The summed E-state index contributed by atoms with van der Waals surface area (Å²) in [6, 6.07) is 31.7. The van der Waals surface area contributed by atoms with Crippen molar-refractivity contribution in [3.8, 4) is 0 Å². The molecule has 0 saturated heterocycles. The van der Waals surface area contributed by atoms with Gasteiger partial charge in [-0.05, 0) is 54.4 Å². The van der Waals surface area contributed by atoms with E-state index in [1.807, 2.05) is 18.2 Å². The van der Waals surface area contributed by atoms with Gasteiger partial charge in [-0.1, -0.05) is 121 Å². The van der Waals surface area contributed by atoms with Gasteiger partial charge >= 0.3 is 30.2 Å². The topological polar surface area (TPSA) is 246 Å². The average molecular weight is 839 g/mol. The van der Waals surface area contributed by atoms with Crippen LogP contribution >= 0.6 is 0 Å². The third kappa shape index (κ3) is 18.4. The molecule has 7 N–H and O–H groups in total. The SMILES string of the molecule is NC(=NCCC[C@H](NC(=O)OCc1ccccc1)C(=O)N[C@@H](CCCC(NC(=O)OCc1ccccc1)C(=O)OCc1ccccc1)C(=O)O)NC(=O)OCc1ccccc1. The van der Waals surface area contributed by atoms with Crippen molar-refractivity contribution in [3.05, 3.63) is 144 Å². The van der Waals surface area contributed by atoms with E-state index in [9.17, 15) is 33.9 Å². The quantitative estimate of drug-likeness (QED) is 0.0200. The molecular weight excluding hydrogens is 789 g/mol. The fourth-order valence-corrected chi connectivity index (χ4v) is 5.62. The molecule has 0 fully saturated rings. The molecule has 3 atom stereocenters. The molecule has 0 heterocycles. The molecule has 0 aliphatic heterocycles. The second kappa shape index (κ2) is 25.8. The first-order chi connectivity index (χ1) is 29.5. The van der Waals surface area contributed by atoms with Gasteiger partial charge in [0.2, 0.25) is 5.91 Å². The van der Waals surface area contributed by atoms with Crippen molar-refractivity contribution in [2.24, 2.45) is 10.7 Å². The second-order valence-corrected chi connectivity index (χ2v) is 13.5. The lowest BCUT2D eigenvalue weighted by atomic mass is 10.0. The van der Waals surface area contributed by atoms with E-state index in [4.69, 9.17) is 24.7 Å². The number of hydrogen-bond donors (Lipinski definition) is 6. The summed E-state index contributed by atoms with van der Waals surface area (Å²) in [5.74, 6) is -3.21. The number of alkyl carbamates (subject to hydrolysis) is 3. The minimum atomic E-state index is -1.46. The number of nitrogens with two attached hydrogens (primary N) is 1. The summed E-state index contributed by atoms with van der Waals surface area (Å²) in [5.41, 5.74) is 8.75. The first-order valence-corrected chi connectivity index (χ1v) is 19.5. The molecule has 17 heteroatoms. The van der Waals surface area contributed by atoms with Crippen LogP contribution in [0.2, 0.25) is 0 Å². The van der Waals surface area contributed by atoms with Gasteiger partial charge in [0.05, 0.1) is 0 Å². The van der Waals surface area contributed by atoms with Gasteiger partial charge < -0.3 is 45.7 Å². The zero-order valence-corrected chi connectivity index (χ0v) is 33.4. The number of carbonyl (C=O) groups is 6. The van der Waals surface area contributed by atoms with Crippen molar-refractivity contribution in [2.75, 3.05) is 6.54 Å². The summed E-state index contributed by atoms with van der Waals surface area (Å²) in [5, 5.41) is 19.8. The Kier molecular flexibility index (Phi) is 19.6. The van der Waals surface area contributed by atoms with Crippen LogP contribution in [0.4, 0.5) is 14.4 Å². The first-order valence-electron chi connectivity index (χ1n) is 19.5. The molecule has 0 saturated carbocycles. The summed E-state index contributed by atoms with van der Waals surface area (Å²) in [6.07, 6.45) is -2.69. The lowest BCUT2D eigenvalue weighted by Gasteiger charge is -2.22. The van der Waals surface area contributed by atoms with Crippen LogP contribution in [0.25, 0.3) is 0 Å². The molecule has 4 aromatic rings. The lowest BCUT2D eigenvalue weighted by Crippen LogP contribution is -2.51. The molecule has 61 heavy (non-hydrogen) atoms. The molecule has 0 spiro atoms. The summed E-state index contributed by atoms with van der Waals surface area (Å²) < 4.78 is 21.2. The van der Waals surface area contributed by atoms with E-state index in [0.29, 0.717) is 11.1 Å². The van der Waals surface area contributed by atoms with Crippen LogP contribution in [-0.2, 0) is 59.8 Å². The maximum atomic E-state index is 13.6. The van der Waals surface area contributed by atoms with Gasteiger partial charge in [-0.3, -0.25) is 15.1 Å². The summed E-state index contributed by atoms with van der Waals surface area (Å²) in [7, 11) is 0. The highest BCUT2D eigenvalue weighted by atomic mass is 16.6. The van der Waals surface area contributed by atoms with Gasteiger partial charge in [0.15, 0.2) is 5.96 Å². The predicted octanol–water partition coefficient (Wildman–Crippen LogP) is 5.08. The Morgan fingerprint density at radius 2 is 0.902 bits per heavy atom. The number of nitrogens with zero attached hydrogens (tertiary/aromatic N) is 1. The van der Waals surface area contributed by atoms with E-state index in [0.717, 1.165) is 11.1 Å². The average Bonchev–Trinajstić information content (AvgIpc) is 3.27. The Hall–Kier alpha value is -7.43. The molecule has 0 aliphatic carbocycles. The molecule has 1 unspecified atom stereocenters. The fraction of sp³-hybridized carbons (Fsp3) is 0.295. The minimum absolute atomic E-state index is 0.0141. The van der Waals surface area contributed by atoms with Gasteiger partial charge in [-0.25, -0.2) is 24.0 Å². The van der Waals surface area contributed by atoms with Crippen molar-refractivity contribution >= 4 is 42.1 Å². The number of nitrogens with one attached hydrogen (secondary N) is 4. The summed E-state index contributed by atoms with van der Waals surface area (Å²) in [4.78, 5) is 80.9. The standard InChI is InChI=1S/C44H50N6O11/c45-41(50-44(57)61-30-34-21-11-4-12-22-34)46-26-14-25-35(48-42(55)59-28-32-17-7-2-8-18-32)38(51)47-36(39(52)53)23-13-24-37(40(54)58-27-31-15-5-1-6-16-31)49-43(56)60-29-33-19-9-3-10-20-33/h1-12,15-22,35-37H,13-14,23-30H2,(H,47,51)(H,48,55)(H,49,56)(H,52,53)(H3,45,46,50,57)/t35-,36-,37?/m0/s1. The highest BCUT2D eigenvalue weighted by molar-refractivity contribution is 5.93. The molecule has 322 valence electrons. The molecule has 17 nitrogen and oxygen atoms in total. The van der Waals surface area contributed by atoms with Crippen molar-refractivity contribution in [3.63, 3.8) is 0 Å². The van der Waals surface area contributed by atoms with E-state index in [1.54, 1.807) is 103 Å². The Morgan fingerprint density at radius 3 is 1.36 bits per heavy atom. The summed E-state index contributed by atoms with van der Waals surface area (Å²) in [6.45, 7) is -0.180. The van der Waals surface area contributed by atoms with Crippen LogP contribution in [-0.4, -0.2) is 71.9 Å². The van der Waals surface area contributed by atoms with Gasteiger partial charge in [0.1, 0.15) is 44.6 Å². The van der Waals surface area contributed by atoms with Crippen LogP contribution < -0.4 is 27.0 Å². The van der Waals surface area contributed by atoms with Crippen molar-refractivity contribution < 1.29 is 52.8 Å². The maximum absolute atomic E-state index is 13.6. The molecule has 0 radical (unpaired) electrons. The van der Waals surface area contributed by atoms with Crippen LogP contribution in [0.1, 0.15) is 54.4 Å². The van der Waals surface area contributed by atoms with Crippen LogP contribution in [0.5, 0.6) is 0 Å². The van der Waals surface area contributed by atoms with Crippen molar-refractivity contribution in [2.45, 2.75) is 76.7 Å². The summed E-state index contributed by atoms with van der Waals surface area (Å²) >= 11 is 0. The second-order valence-electron chi connectivity index (χ2n) is 13.5. The monoisotopic (exact) mass is 838 g/mol. The van der Waals surface area contributed by atoms with Crippen LogP contribution in [0.3, 0.4) is 0 Å². The number of ether oxygens (including phenoxy) is 4. The minimum Gasteiger partial charge on any atom is -0.480 e. The molecule has 0 bridgehead atoms. The number of rotatable bonds is 22. The molecule has 4 aromatic carbocycles. The first kappa shape index (κ1) is 46.3. The Balaban J connectivity index is 1.34. The molecule has 0 aliphatic rings. The van der Waals surface area contributed by atoms with E-state index in [2.05, 4.69) is 26.3 Å². The van der Waals surface area contributed by atoms with E-state index in [-0.39, 0.29) is 71.0 Å². The third-order valence-electron chi connectivity index (χ3n) is 8.81. The number of carboxylic acid groups (broad SMARTS) is 1. The highest BCUT2D eigenvalue weighted by Crippen LogP contribution is 2.12. The van der Waals surface area contributed by atoms with Crippen molar-refractivity contribution in [1.82, 2.24) is 21.3 Å². The number of carbonyl (C=O) groups excluding carboxylic acids is 5. The normalized spacial score (nSPS) is 12.4. The Morgan fingerprint density at radius 1 is 0.508 bits per heavy atom. The number of esters is 1. The molecule has 4 amide bonds.